The Balaban J connectivity index is 1.84. The molecule has 0 spiro atoms. The minimum absolute atomic E-state index is 0.735. The maximum atomic E-state index is 5.09. The second-order valence-electron chi connectivity index (χ2n) is 4.72. The van der Waals surface area contributed by atoms with Gasteiger partial charge >= 0.3 is 0 Å². The summed E-state index contributed by atoms with van der Waals surface area (Å²) in [6.07, 6.45) is 6.39. The van der Waals surface area contributed by atoms with E-state index < -0.39 is 0 Å². The van der Waals surface area contributed by atoms with Crippen molar-refractivity contribution in [2.75, 3.05) is 13.7 Å². The second kappa shape index (κ2) is 6.47. The summed E-state index contributed by atoms with van der Waals surface area (Å²) in [5.41, 5.74) is 1.19. The lowest BCUT2D eigenvalue weighted by molar-refractivity contribution is 0.202. The van der Waals surface area contributed by atoms with Crippen LogP contribution in [0.1, 0.15) is 41.3 Å². The standard InChI is InChI=1S/C13H22N2OS/c1-10-12(9-14-11-5-3-4-6-11)17-13(15-10)7-8-16-2/h11,14H,3-9H2,1-2H3. The Morgan fingerprint density at radius 1 is 1.41 bits per heavy atom. The van der Waals surface area contributed by atoms with Crippen molar-refractivity contribution in [1.29, 1.82) is 0 Å². The van der Waals surface area contributed by atoms with E-state index in [1.807, 2.05) is 11.3 Å². The van der Waals surface area contributed by atoms with Crippen LogP contribution < -0.4 is 5.32 Å². The molecule has 0 amide bonds. The highest BCUT2D eigenvalue weighted by molar-refractivity contribution is 7.11. The van der Waals surface area contributed by atoms with Crippen LogP contribution in [0.5, 0.6) is 0 Å². The molecular formula is C13H22N2OS. The fourth-order valence-electron chi connectivity index (χ4n) is 2.32. The van der Waals surface area contributed by atoms with Gasteiger partial charge in [0.15, 0.2) is 0 Å². The topological polar surface area (TPSA) is 34.1 Å². The van der Waals surface area contributed by atoms with Crippen molar-refractivity contribution in [3.63, 3.8) is 0 Å². The van der Waals surface area contributed by atoms with E-state index in [1.165, 1.54) is 41.3 Å². The number of aromatic nitrogens is 1. The SMILES string of the molecule is COCCc1nc(C)c(CNC2CCCC2)s1. The molecule has 2 rings (SSSR count). The van der Waals surface area contributed by atoms with Gasteiger partial charge in [-0.05, 0) is 19.8 Å². The van der Waals surface area contributed by atoms with Crippen molar-refractivity contribution in [2.45, 2.75) is 51.6 Å². The van der Waals surface area contributed by atoms with E-state index in [2.05, 4.69) is 17.2 Å². The average Bonchev–Trinajstić information content (AvgIpc) is 2.93. The molecule has 1 aromatic rings. The molecule has 0 bridgehead atoms. The summed E-state index contributed by atoms with van der Waals surface area (Å²) in [6.45, 7) is 3.86. The zero-order valence-electron chi connectivity index (χ0n) is 10.8. The molecule has 17 heavy (non-hydrogen) atoms. The summed E-state index contributed by atoms with van der Waals surface area (Å²) in [5, 5.41) is 4.85. The molecule has 1 N–H and O–H groups in total. The molecular weight excluding hydrogens is 232 g/mol. The van der Waals surface area contributed by atoms with Gasteiger partial charge in [0.05, 0.1) is 17.3 Å². The van der Waals surface area contributed by atoms with Crippen LogP contribution in [0.15, 0.2) is 0 Å². The Hall–Kier alpha value is -0.450. The number of aryl methyl sites for hydroxylation is 1. The lowest BCUT2D eigenvalue weighted by Crippen LogP contribution is -2.25. The molecule has 1 aliphatic rings. The first-order valence-corrected chi connectivity index (χ1v) is 7.28. The fourth-order valence-corrected chi connectivity index (χ4v) is 3.32. The number of nitrogens with one attached hydrogen (secondary N) is 1. The largest absolute Gasteiger partial charge is 0.384 e. The maximum Gasteiger partial charge on any atom is 0.0954 e. The van der Waals surface area contributed by atoms with E-state index in [9.17, 15) is 0 Å². The molecule has 1 fully saturated rings. The highest BCUT2D eigenvalue weighted by Crippen LogP contribution is 2.21. The third-order valence-corrected chi connectivity index (χ3v) is 4.58. The molecule has 1 heterocycles. The summed E-state index contributed by atoms with van der Waals surface area (Å²) in [6, 6.07) is 0.735. The van der Waals surface area contributed by atoms with Crippen LogP contribution in [0.4, 0.5) is 0 Å². The monoisotopic (exact) mass is 254 g/mol. The van der Waals surface area contributed by atoms with Gasteiger partial charge in [0.25, 0.3) is 0 Å². The van der Waals surface area contributed by atoms with Crippen LogP contribution in [0, 0.1) is 6.92 Å². The Morgan fingerprint density at radius 2 is 2.18 bits per heavy atom. The first kappa shape index (κ1) is 13.0. The molecule has 0 aliphatic heterocycles. The lowest BCUT2D eigenvalue weighted by atomic mass is 10.2. The number of rotatable bonds is 6. The summed E-state index contributed by atoms with van der Waals surface area (Å²) < 4.78 is 5.09. The van der Waals surface area contributed by atoms with Gasteiger partial charge in [0, 0.05) is 31.0 Å². The first-order valence-electron chi connectivity index (χ1n) is 6.47. The van der Waals surface area contributed by atoms with Gasteiger partial charge in [-0.25, -0.2) is 4.98 Å². The molecule has 1 saturated carbocycles. The van der Waals surface area contributed by atoms with Crippen LogP contribution in [0.2, 0.25) is 0 Å². The number of nitrogens with zero attached hydrogens (tertiary/aromatic N) is 1. The smallest absolute Gasteiger partial charge is 0.0954 e. The molecule has 0 unspecified atom stereocenters. The molecule has 96 valence electrons. The van der Waals surface area contributed by atoms with Crippen molar-refractivity contribution >= 4 is 11.3 Å². The zero-order chi connectivity index (χ0) is 12.1. The van der Waals surface area contributed by atoms with Gasteiger partial charge in [0.1, 0.15) is 0 Å². The Morgan fingerprint density at radius 3 is 2.88 bits per heavy atom. The normalized spacial score (nSPS) is 16.8. The maximum absolute atomic E-state index is 5.09. The summed E-state index contributed by atoms with van der Waals surface area (Å²) in [5.74, 6) is 0. The van der Waals surface area contributed by atoms with E-state index >= 15 is 0 Å². The lowest BCUT2D eigenvalue weighted by Gasteiger charge is -2.10. The third-order valence-electron chi connectivity index (χ3n) is 3.36. The van der Waals surface area contributed by atoms with E-state index in [4.69, 9.17) is 4.74 Å². The van der Waals surface area contributed by atoms with Gasteiger partial charge in [-0.3, -0.25) is 0 Å². The quantitative estimate of drug-likeness (QED) is 0.847. The van der Waals surface area contributed by atoms with Gasteiger partial charge in [0.2, 0.25) is 0 Å². The predicted molar refractivity (Wildman–Crippen MR) is 71.5 cm³/mol. The molecule has 1 aromatic heterocycles. The van der Waals surface area contributed by atoms with Crippen molar-refractivity contribution in [3.05, 3.63) is 15.6 Å². The number of thiazole rings is 1. The van der Waals surface area contributed by atoms with E-state index in [1.54, 1.807) is 7.11 Å². The van der Waals surface area contributed by atoms with Gasteiger partial charge in [-0.2, -0.15) is 0 Å². The Labute approximate surface area is 108 Å². The summed E-state index contributed by atoms with van der Waals surface area (Å²) in [4.78, 5) is 5.98. The number of methoxy groups -OCH3 is 1. The molecule has 0 radical (unpaired) electrons. The van der Waals surface area contributed by atoms with Crippen molar-refractivity contribution < 1.29 is 4.74 Å². The van der Waals surface area contributed by atoms with E-state index in [0.29, 0.717) is 0 Å². The highest BCUT2D eigenvalue weighted by atomic mass is 32.1. The van der Waals surface area contributed by atoms with Crippen LogP contribution >= 0.6 is 11.3 Å². The predicted octanol–water partition coefficient (Wildman–Crippen LogP) is 2.67. The van der Waals surface area contributed by atoms with E-state index in [0.717, 1.165) is 25.6 Å². The van der Waals surface area contributed by atoms with Crippen molar-refractivity contribution in [1.82, 2.24) is 10.3 Å². The second-order valence-corrected chi connectivity index (χ2v) is 5.89. The highest BCUT2D eigenvalue weighted by Gasteiger charge is 2.15. The van der Waals surface area contributed by atoms with Crippen molar-refractivity contribution in [3.8, 4) is 0 Å². The summed E-state index contributed by atoms with van der Waals surface area (Å²) >= 11 is 1.83. The summed E-state index contributed by atoms with van der Waals surface area (Å²) in [7, 11) is 1.74. The first-order chi connectivity index (χ1) is 8.29. The van der Waals surface area contributed by atoms with Crippen LogP contribution in [-0.2, 0) is 17.7 Å². The zero-order valence-corrected chi connectivity index (χ0v) is 11.6. The van der Waals surface area contributed by atoms with Gasteiger partial charge in [-0.1, -0.05) is 12.8 Å². The van der Waals surface area contributed by atoms with Crippen LogP contribution in [0.3, 0.4) is 0 Å². The minimum Gasteiger partial charge on any atom is -0.384 e. The number of hydrogen-bond acceptors (Lipinski definition) is 4. The molecule has 4 heteroatoms. The molecule has 3 nitrogen and oxygen atoms in total. The fraction of sp³-hybridized carbons (Fsp3) is 0.769. The molecule has 0 saturated heterocycles. The minimum atomic E-state index is 0.735. The molecule has 1 aliphatic carbocycles. The average molecular weight is 254 g/mol. The Kier molecular flexibility index (Phi) is 4.95. The van der Waals surface area contributed by atoms with Crippen molar-refractivity contribution in [2.24, 2.45) is 0 Å². The number of hydrogen-bond donors (Lipinski definition) is 1. The van der Waals surface area contributed by atoms with Gasteiger partial charge in [-0.15, -0.1) is 11.3 Å². The van der Waals surface area contributed by atoms with Crippen LogP contribution in [0.25, 0.3) is 0 Å². The van der Waals surface area contributed by atoms with Crippen LogP contribution in [-0.4, -0.2) is 24.7 Å². The number of ether oxygens (including phenoxy) is 1. The Bertz CT molecular complexity index is 345. The van der Waals surface area contributed by atoms with E-state index in [-0.39, 0.29) is 0 Å². The third kappa shape index (κ3) is 3.76. The molecule has 0 atom stereocenters. The molecule has 0 aromatic carbocycles. The van der Waals surface area contributed by atoms with Gasteiger partial charge < -0.3 is 10.1 Å².